The molecule has 2 aromatic rings. The zero-order valence-electron chi connectivity index (χ0n) is 10.4. The lowest BCUT2D eigenvalue weighted by molar-refractivity contribution is -0.425. The summed E-state index contributed by atoms with van der Waals surface area (Å²) in [6, 6.07) is 14.1. The van der Waals surface area contributed by atoms with E-state index in [0.717, 1.165) is 5.56 Å². The molecule has 0 aliphatic carbocycles. The van der Waals surface area contributed by atoms with E-state index in [1.807, 2.05) is 30.3 Å². The third-order valence-corrected chi connectivity index (χ3v) is 3.31. The number of allylic oxidation sites excluding steroid dienone is 1. The normalized spacial score (nSPS) is 11.4. The summed E-state index contributed by atoms with van der Waals surface area (Å²) in [5.74, 6) is 0. The predicted molar refractivity (Wildman–Crippen MR) is 81.6 cm³/mol. The molecule has 0 aromatic heterocycles. The van der Waals surface area contributed by atoms with Gasteiger partial charge in [-0.15, -0.1) is 0 Å². The standard InChI is InChI=1S/C15H11Cl2NO2/c16-13-7-6-12(15(17)10-13)9-14(18(19)20)8-11-4-2-1-3-5-11/h1-7,9-10H,8H2. The average molecular weight is 308 g/mol. The van der Waals surface area contributed by atoms with Gasteiger partial charge in [0.2, 0.25) is 0 Å². The summed E-state index contributed by atoms with van der Waals surface area (Å²) in [6.07, 6.45) is 1.72. The first-order valence-corrected chi connectivity index (χ1v) is 6.66. The van der Waals surface area contributed by atoms with Crippen LogP contribution in [0.25, 0.3) is 6.08 Å². The van der Waals surface area contributed by atoms with Crippen molar-refractivity contribution in [2.75, 3.05) is 0 Å². The first kappa shape index (κ1) is 14.6. The van der Waals surface area contributed by atoms with E-state index in [9.17, 15) is 10.1 Å². The Morgan fingerprint density at radius 1 is 1.15 bits per heavy atom. The minimum absolute atomic E-state index is 0.0837. The van der Waals surface area contributed by atoms with Gasteiger partial charge in [-0.2, -0.15) is 0 Å². The summed E-state index contributed by atoms with van der Waals surface area (Å²) < 4.78 is 0. The van der Waals surface area contributed by atoms with Gasteiger partial charge in [0.25, 0.3) is 5.70 Å². The quantitative estimate of drug-likeness (QED) is 0.598. The first-order chi connectivity index (χ1) is 9.56. The smallest absolute Gasteiger partial charge is 0.251 e. The van der Waals surface area contributed by atoms with E-state index in [0.29, 0.717) is 15.6 Å². The Bertz CT molecular complexity index is 654. The Morgan fingerprint density at radius 3 is 2.45 bits per heavy atom. The van der Waals surface area contributed by atoms with Crippen molar-refractivity contribution in [2.45, 2.75) is 6.42 Å². The van der Waals surface area contributed by atoms with E-state index in [2.05, 4.69) is 0 Å². The van der Waals surface area contributed by atoms with Gasteiger partial charge >= 0.3 is 0 Å². The van der Waals surface area contributed by atoms with Crippen LogP contribution < -0.4 is 0 Å². The maximum Gasteiger partial charge on any atom is 0.251 e. The molecule has 20 heavy (non-hydrogen) atoms. The van der Waals surface area contributed by atoms with Crippen LogP contribution in [0.1, 0.15) is 11.1 Å². The molecule has 0 bridgehead atoms. The predicted octanol–water partition coefficient (Wildman–Crippen LogP) is 4.85. The average Bonchev–Trinajstić information content (AvgIpc) is 2.42. The molecule has 2 aromatic carbocycles. The van der Waals surface area contributed by atoms with Gasteiger partial charge < -0.3 is 0 Å². The second kappa shape index (κ2) is 6.55. The van der Waals surface area contributed by atoms with Crippen molar-refractivity contribution in [3.63, 3.8) is 0 Å². The van der Waals surface area contributed by atoms with Crippen LogP contribution in [-0.2, 0) is 6.42 Å². The molecule has 0 fully saturated rings. The van der Waals surface area contributed by atoms with Gasteiger partial charge in [0.05, 0.1) is 11.3 Å². The van der Waals surface area contributed by atoms with Crippen molar-refractivity contribution >= 4 is 29.3 Å². The summed E-state index contributed by atoms with van der Waals surface area (Å²) in [5.41, 5.74) is 1.54. The van der Waals surface area contributed by atoms with Crippen LogP contribution in [0.2, 0.25) is 10.0 Å². The number of nitro groups is 1. The molecule has 0 unspecified atom stereocenters. The molecule has 0 atom stereocenters. The highest BCUT2D eigenvalue weighted by Crippen LogP contribution is 2.24. The molecule has 0 amide bonds. The lowest BCUT2D eigenvalue weighted by Gasteiger charge is -2.02. The van der Waals surface area contributed by atoms with Crippen molar-refractivity contribution in [3.8, 4) is 0 Å². The van der Waals surface area contributed by atoms with Crippen molar-refractivity contribution in [1.29, 1.82) is 0 Å². The topological polar surface area (TPSA) is 43.1 Å². The third kappa shape index (κ3) is 3.83. The van der Waals surface area contributed by atoms with Crippen molar-refractivity contribution in [3.05, 3.63) is 85.5 Å². The number of hydrogen-bond donors (Lipinski definition) is 0. The maximum absolute atomic E-state index is 11.2. The van der Waals surface area contributed by atoms with Crippen molar-refractivity contribution in [1.82, 2.24) is 0 Å². The molecule has 0 aliphatic rings. The van der Waals surface area contributed by atoms with Crippen molar-refractivity contribution in [2.24, 2.45) is 0 Å². The third-order valence-electron chi connectivity index (χ3n) is 2.75. The summed E-state index contributed by atoms with van der Waals surface area (Å²) in [7, 11) is 0. The fourth-order valence-corrected chi connectivity index (χ4v) is 2.23. The molecular formula is C15H11Cl2NO2. The van der Waals surface area contributed by atoms with Gasteiger partial charge in [0.15, 0.2) is 0 Å². The summed E-state index contributed by atoms with van der Waals surface area (Å²) in [6.45, 7) is 0. The number of hydrogen-bond acceptors (Lipinski definition) is 2. The fraction of sp³-hybridized carbons (Fsp3) is 0.0667. The minimum Gasteiger partial charge on any atom is -0.259 e. The zero-order chi connectivity index (χ0) is 14.5. The highest BCUT2D eigenvalue weighted by atomic mass is 35.5. The van der Waals surface area contributed by atoms with E-state index in [4.69, 9.17) is 23.2 Å². The highest BCUT2D eigenvalue weighted by molar-refractivity contribution is 6.35. The van der Waals surface area contributed by atoms with Crippen LogP contribution in [0.3, 0.4) is 0 Å². The van der Waals surface area contributed by atoms with Gasteiger partial charge in [0, 0.05) is 16.1 Å². The fourth-order valence-electron chi connectivity index (χ4n) is 1.77. The molecule has 102 valence electrons. The summed E-state index contributed by atoms with van der Waals surface area (Å²) in [4.78, 5) is 10.8. The second-order valence-electron chi connectivity index (χ2n) is 4.22. The SMILES string of the molecule is O=[N+]([O-])C(=Cc1ccc(Cl)cc1Cl)Cc1ccccc1. The Balaban J connectivity index is 2.33. The Labute approximate surface area is 126 Å². The molecule has 0 saturated heterocycles. The van der Waals surface area contributed by atoms with E-state index in [1.165, 1.54) is 6.08 Å². The zero-order valence-corrected chi connectivity index (χ0v) is 11.9. The second-order valence-corrected chi connectivity index (χ2v) is 5.06. The van der Waals surface area contributed by atoms with Crippen LogP contribution in [0.15, 0.2) is 54.2 Å². The molecule has 0 aliphatic heterocycles. The van der Waals surface area contributed by atoms with Crippen LogP contribution in [0.5, 0.6) is 0 Å². The van der Waals surface area contributed by atoms with Crippen LogP contribution in [0.4, 0.5) is 0 Å². The first-order valence-electron chi connectivity index (χ1n) is 5.90. The molecular weight excluding hydrogens is 297 g/mol. The molecule has 2 rings (SSSR count). The number of halogens is 2. The van der Waals surface area contributed by atoms with Gasteiger partial charge in [0.1, 0.15) is 0 Å². The molecule has 5 heteroatoms. The molecule has 0 radical (unpaired) electrons. The molecule has 3 nitrogen and oxygen atoms in total. The van der Waals surface area contributed by atoms with E-state index in [-0.39, 0.29) is 12.1 Å². The van der Waals surface area contributed by atoms with Gasteiger partial charge in [-0.1, -0.05) is 59.6 Å². The number of rotatable bonds is 4. The Kier molecular flexibility index (Phi) is 4.77. The molecule has 0 heterocycles. The van der Waals surface area contributed by atoms with Crippen molar-refractivity contribution < 1.29 is 4.92 Å². The largest absolute Gasteiger partial charge is 0.259 e. The van der Waals surface area contributed by atoms with E-state index in [1.54, 1.807) is 18.2 Å². The van der Waals surface area contributed by atoms with Crippen LogP contribution in [0, 0.1) is 10.1 Å². The number of benzene rings is 2. The van der Waals surface area contributed by atoms with E-state index < -0.39 is 4.92 Å². The van der Waals surface area contributed by atoms with Gasteiger partial charge in [-0.3, -0.25) is 10.1 Å². The molecule has 0 spiro atoms. The van der Waals surface area contributed by atoms with E-state index >= 15 is 0 Å². The summed E-state index contributed by atoms with van der Waals surface area (Å²) in [5, 5.41) is 12.0. The summed E-state index contributed by atoms with van der Waals surface area (Å²) >= 11 is 11.8. The minimum atomic E-state index is -0.391. The Hall–Kier alpha value is -1.84. The lowest BCUT2D eigenvalue weighted by Crippen LogP contribution is -2.02. The maximum atomic E-state index is 11.2. The van der Waals surface area contributed by atoms with Crippen LogP contribution >= 0.6 is 23.2 Å². The lowest BCUT2D eigenvalue weighted by atomic mass is 10.1. The monoisotopic (exact) mass is 307 g/mol. The Morgan fingerprint density at radius 2 is 1.85 bits per heavy atom. The number of nitrogens with zero attached hydrogens (tertiary/aromatic N) is 1. The van der Waals surface area contributed by atoms with Crippen LogP contribution in [-0.4, -0.2) is 4.92 Å². The highest BCUT2D eigenvalue weighted by Gasteiger charge is 2.13. The van der Waals surface area contributed by atoms with Gasteiger partial charge in [-0.05, 0) is 23.3 Å². The van der Waals surface area contributed by atoms with Gasteiger partial charge in [-0.25, -0.2) is 0 Å². The molecule has 0 N–H and O–H groups in total. The molecule has 0 saturated carbocycles.